The summed E-state index contributed by atoms with van der Waals surface area (Å²) in [6.45, 7) is 0. The maximum atomic E-state index is 12.8. The maximum absolute atomic E-state index is 12.8. The molecule has 4 nitrogen and oxygen atoms in total. The van der Waals surface area contributed by atoms with Gasteiger partial charge in [-0.1, -0.05) is 24.3 Å². The Labute approximate surface area is 138 Å². The molecule has 0 radical (unpaired) electrons. The van der Waals surface area contributed by atoms with Gasteiger partial charge < -0.3 is 0 Å². The number of carbonyl (C=O) groups excluding carboxylic acids is 2. The molecule has 0 amide bonds. The molecule has 0 unspecified atom stereocenters. The molecule has 5 rings (SSSR count). The molecule has 2 aliphatic carbocycles. The van der Waals surface area contributed by atoms with Crippen molar-refractivity contribution >= 4 is 34.4 Å². The molecule has 0 bridgehead atoms. The van der Waals surface area contributed by atoms with Crippen molar-refractivity contribution in [3.05, 3.63) is 70.9 Å². The van der Waals surface area contributed by atoms with Crippen LogP contribution in [0, 0.1) is 0 Å². The SMILES string of the molecule is O=C1C2=CC=CCC2=Nc2cc3c(cc21)N=C1CC=CC=C1C3=O. The van der Waals surface area contributed by atoms with Gasteiger partial charge in [-0.25, -0.2) is 0 Å². The number of hydrogen-bond acceptors (Lipinski definition) is 4. The van der Waals surface area contributed by atoms with Gasteiger partial charge in [0.2, 0.25) is 0 Å². The average Bonchev–Trinajstić information content (AvgIpc) is 2.62. The van der Waals surface area contributed by atoms with Crippen LogP contribution in [0.5, 0.6) is 0 Å². The number of aliphatic imine (C=N–C) groups is 2. The zero-order valence-corrected chi connectivity index (χ0v) is 12.7. The van der Waals surface area contributed by atoms with Gasteiger partial charge >= 0.3 is 0 Å². The van der Waals surface area contributed by atoms with Crippen molar-refractivity contribution < 1.29 is 9.59 Å². The van der Waals surface area contributed by atoms with Crippen molar-refractivity contribution in [2.45, 2.75) is 12.8 Å². The van der Waals surface area contributed by atoms with Gasteiger partial charge in [0, 0.05) is 24.0 Å². The zero-order chi connectivity index (χ0) is 16.3. The minimum absolute atomic E-state index is 0.0420. The second-order valence-electron chi connectivity index (χ2n) is 6.09. The Morgan fingerprint density at radius 1 is 0.708 bits per heavy atom. The van der Waals surface area contributed by atoms with Gasteiger partial charge in [-0.15, -0.1) is 0 Å². The van der Waals surface area contributed by atoms with Crippen LogP contribution in [-0.2, 0) is 0 Å². The summed E-state index contributed by atoms with van der Waals surface area (Å²) in [5.41, 5.74) is 5.00. The summed E-state index contributed by atoms with van der Waals surface area (Å²) in [6, 6.07) is 3.43. The van der Waals surface area contributed by atoms with Crippen molar-refractivity contribution in [3.63, 3.8) is 0 Å². The van der Waals surface area contributed by atoms with Crippen LogP contribution >= 0.6 is 0 Å². The number of Topliss-reactive ketones (excluding diaryl/α,β-unsaturated/α-hetero) is 2. The summed E-state index contributed by atoms with van der Waals surface area (Å²) in [6.07, 6.45) is 12.6. The van der Waals surface area contributed by atoms with Crippen molar-refractivity contribution in [2.24, 2.45) is 9.98 Å². The summed E-state index contributed by atoms with van der Waals surface area (Å²) < 4.78 is 0. The number of rotatable bonds is 0. The number of allylic oxidation sites excluding steroid dienone is 8. The molecule has 1 aromatic carbocycles. The molecular weight excluding hydrogens is 300 g/mol. The second kappa shape index (κ2) is 4.68. The van der Waals surface area contributed by atoms with Gasteiger partial charge in [-0.05, 0) is 24.3 Å². The van der Waals surface area contributed by atoms with Crippen LogP contribution in [0.15, 0.2) is 69.7 Å². The fourth-order valence-corrected chi connectivity index (χ4v) is 3.43. The van der Waals surface area contributed by atoms with E-state index in [1.165, 1.54) is 0 Å². The molecule has 0 atom stereocenters. The third-order valence-corrected chi connectivity index (χ3v) is 4.65. The van der Waals surface area contributed by atoms with Gasteiger partial charge in [-0.3, -0.25) is 19.6 Å². The topological polar surface area (TPSA) is 58.9 Å². The first-order chi connectivity index (χ1) is 11.7. The predicted molar refractivity (Wildman–Crippen MR) is 93.0 cm³/mol. The maximum Gasteiger partial charge on any atom is 0.197 e. The van der Waals surface area contributed by atoms with Crippen LogP contribution in [-0.4, -0.2) is 23.0 Å². The lowest BCUT2D eigenvalue weighted by Crippen LogP contribution is -2.21. The molecule has 0 fully saturated rings. The van der Waals surface area contributed by atoms with Crippen LogP contribution < -0.4 is 0 Å². The molecule has 2 aliphatic heterocycles. The Bertz CT molecular complexity index is 946. The van der Waals surface area contributed by atoms with Crippen molar-refractivity contribution in [2.75, 3.05) is 0 Å². The highest BCUT2D eigenvalue weighted by molar-refractivity contribution is 6.35. The van der Waals surface area contributed by atoms with E-state index in [1.807, 2.05) is 24.3 Å². The molecule has 4 heteroatoms. The third-order valence-electron chi connectivity index (χ3n) is 4.65. The molecule has 0 aromatic heterocycles. The van der Waals surface area contributed by atoms with Gasteiger partial charge in [0.15, 0.2) is 11.6 Å². The highest BCUT2D eigenvalue weighted by Crippen LogP contribution is 2.39. The normalized spacial score (nSPS) is 20.2. The third kappa shape index (κ3) is 1.74. The molecule has 4 aliphatic rings. The van der Waals surface area contributed by atoms with Crippen LogP contribution in [0.4, 0.5) is 11.4 Å². The van der Waals surface area contributed by atoms with Crippen LogP contribution in [0.1, 0.15) is 33.6 Å². The number of ketones is 2. The Morgan fingerprint density at radius 3 is 1.62 bits per heavy atom. The minimum atomic E-state index is -0.0420. The number of hydrogen-bond donors (Lipinski definition) is 0. The molecule has 0 saturated heterocycles. The van der Waals surface area contributed by atoms with Crippen LogP contribution in [0.2, 0.25) is 0 Å². The average molecular weight is 312 g/mol. The fourth-order valence-electron chi connectivity index (χ4n) is 3.43. The Morgan fingerprint density at radius 2 is 1.17 bits per heavy atom. The summed E-state index contributed by atoms with van der Waals surface area (Å²) in [4.78, 5) is 34.7. The molecule has 2 heterocycles. The summed E-state index contributed by atoms with van der Waals surface area (Å²) in [5.74, 6) is -0.0839. The quantitative estimate of drug-likeness (QED) is 0.727. The molecule has 24 heavy (non-hydrogen) atoms. The van der Waals surface area contributed by atoms with E-state index in [1.54, 1.807) is 24.3 Å². The highest BCUT2D eigenvalue weighted by atomic mass is 16.1. The minimum Gasteiger partial charge on any atom is -0.288 e. The first kappa shape index (κ1) is 13.3. The Hall–Kier alpha value is -3.14. The van der Waals surface area contributed by atoms with Gasteiger partial charge in [-0.2, -0.15) is 0 Å². The van der Waals surface area contributed by atoms with Crippen molar-refractivity contribution in [1.82, 2.24) is 0 Å². The van der Waals surface area contributed by atoms with E-state index >= 15 is 0 Å². The first-order valence-corrected chi connectivity index (χ1v) is 7.89. The monoisotopic (exact) mass is 312 g/mol. The van der Waals surface area contributed by atoms with E-state index in [0.717, 1.165) is 11.4 Å². The smallest absolute Gasteiger partial charge is 0.197 e. The lowest BCUT2D eigenvalue weighted by molar-refractivity contribution is 0.102. The highest BCUT2D eigenvalue weighted by Gasteiger charge is 2.31. The molecule has 1 aromatic rings. The molecule has 0 N–H and O–H groups in total. The van der Waals surface area contributed by atoms with E-state index < -0.39 is 0 Å². The standard InChI is InChI=1S/C20H12N2O2/c23-19-11-5-1-3-7-15(11)21-17-10-14-18(9-13(17)19)22-16-8-4-2-6-12(16)20(14)24/h1-6,9-10H,7-8H2. The van der Waals surface area contributed by atoms with Gasteiger partial charge in [0.1, 0.15) is 0 Å². The van der Waals surface area contributed by atoms with Crippen LogP contribution in [0.3, 0.4) is 0 Å². The van der Waals surface area contributed by atoms with E-state index in [0.29, 0.717) is 46.5 Å². The second-order valence-corrected chi connectivity index (χ2v) is 6.09. The molecular formula is C20H12N2O2. The van der Waals surface area contributed by atoms with Crippen molar-refractivity contribution in [1.29, 1.82) is 0 Å². The largest absolute Gasteiger partial charge is 0.288 e. The lowest BCUT2D eigenvalue weighted by Gasteiger charge is -2.23. The number of benzene rings is 1. The fraction of sp³-hybridized carbons (Fsp3) is 0.100. The van der Waals surface area contributed by atoms with E-state index in [-0.39, 0.29) is 11.6 Å². The predicted octanol–water partition coefficient (Wildman–Crippen LogP) is 4.00. The van der Waals surface area contributed by atoms with E-state index in [9.17, 15) is 9.59 Å². The Kier molecular flexibility index (Phi) is 2.59. The first-order valence-electron chi connectivity index (χ1n) is 7.89. The van der Waals surface area contributed by atoms with Crippen molar-refractivity contribution in [3.8, 4) is 0 Å². The summed E-state index contributed by atoms with van der Waals surface area (Å²) >= 11 is 0. The number of carbonyl (C=O) groups is 2. The summed E-state index contributed by atoms with van der Waals surface area (Å²) in [7, 11) is 0. The van der Waals surface area contributed by atoms with Gasteiger partial charge in [0.25, 0.3) is 0 Å². The van der Waals surface area contributed by atoms with Gasteiger partial charge in [0.05, 0.1) is 33.9 Å². The lowest BCUT2D eigenvalue weighted by atomic mass is 9.86. The number of nitrogens with zero attached hydrogens (tertiary/aromatic N) is 2. The Balaban J connectivity index is 1.73. The summed E-state index contributed by atoms with van der Waals surface area (Å²) in [5, 5.41) is 0. The van der Waals surface area contributed by atoms with E-state index in [2.05, 4.69) is 9.98 Å². The molecule has 0 spiro atoms. The number of fused-ring (bicyclic) bond motifs is 4. The van der Waals surface area contributed by atoms with Crippen LogP contribution in [0.25, 0.3) is 0 Å². The molecule has 114 valence electrons. The zero-order valence-electron chi connectivity index (χ0n) is 12.7. The van der Waals surface area contributed by atoms with E-state index in [4.69, 9.17) is 0 Å². The molecule has 0 saturated carbocycles.